The van der Waals surface area contributed by atoms with Crippen molar-refractivity contribution in [3.63, 3.8) is 0 Å². The van der Waals surface area contributed by atoms with E-state index >= 15 is 0 Å². The fourth-order valence-corrected chi connectivity index (χ4v) is 1.87. The van der Waals surface area contributed by atoms with E-state index in [1.165, 1.54) is 0 Å². The van der Waals surface area contributed by atoms with E-state index in [9.17, 15) is 4.79 Å². The maximum atomic E-state index is 11.0. The van der Waals surface area contributed by atoms with Gasteiger partial charge in [0, 0.05) is 32.3 Å². The number of nitrogens with zero attached hydrogens (tertiary/aromatic N) is 2. The fourth-order valence-electron chi connectivity index (χ4n) is 1.87. The molecule has 1 N–H and O–H groups in total. The van der Waals surface area contributed by atoms with Gasteiger partial charge in [0.2, 0.25) is 0 Å². The third-order valence-electron chi connectivity index (χ3n) is 3.13. The first-order chi connectivity index (χ1) is 8.95. The Balaban J connectivity index is 2.71. The van der Waals surface area contributed by atoms with Crippen LogP contribution < -0.4 is 0 Å². The Morgan fingerprint density at radius 1 is 1.53 bits per heavy atom. The monoisotopic (exact) mass is 270 g/mol. The highest BCUT2D eigenvalue weighted by atomic mass is 16.5. The summed E-state index contributed by atoms with van der Waals surface area (Å²) in [5, 5.41) is 12.9. The lowest BCUT2D eigenvalue weighted by Crippen LogP contribution is -2.34. The third-order valence-corrected chi connectivity index (χ3v) is 3.13. The van der Waals surface area contributed by atoms with Crippen molar-refractivity contribution in [1.29, 1.82) is 0 Å². The van der Waals surface area contributed by atoms with Crippen molar-refractivity contribution in [2.75, 3.05) is 26.8 Å². The minimum atomic E-state index is -0.791. The van der Waals surface area contributed by atoms with Crippen LogP contribution in [0, 0.1) is 19.8 Å². The summed E-state index contributed by atoms with van der Waals surface area (Å²) in [7, 11) is 1.63. The molecular formula is C13H22N2O4. The van der Waals surface area contributed by atoms with Crippen molar-refractivity contribution in [3.05, 3.63) is 17.0 Å². The minimum Gasteiger partial charge on any atom is -0.481 e. The number of hydrogen-bond donors (Lipinski definition) is 1. The number of hydrogen-bond acceptors (Lipinski definition) is 5. The molecule has 1 unspecified atom stereocenters. The van der Waals surface area contributed by atoms with E-state index < -0.39 is 11.9 Å². The highest BCUT2D eigenvalue weighted by Gasteiger charge is 2.19. The van der Waals surface area contributed by atoms with Gasteiger partial charge >= 0.3 is 5.97 Å². The van der Waals surface area contributed by atoms with Crippen LogP contribution in [0.1, 0.15) is 23.9 Å². The van der Waals surface area contributed by atoms with Gasteiger partial charge in [-0.25, -0.2) is 0 Å². The molecule has 0 fully saturated rings. The number of ether oxygens (including phenoxy) is 1. The van der Waals surface area contributed by atoms with Gasteiger partial charge in [0.15, 0.2) is 0 Å². The summed E-state index contributed by atoms with van der Waals surface area (Å²) >= 11 is 0. The molecule has 6 nitrogen and oxygen atoms in total. The maximum absolute atomic E-state index is 11.0. The van der Waals surface area contributed by atoms with E-state index in [0.29, 0.717) is 26.2 Å². The number of carboxylic acids is 1. The van der Waals surface area contributed by atoms with Crippen LogP contribution in [0.25, 0.3) is 0 Å². The van der Waals surface area contributed by atoms with Gasteiger partial charge in [-0.15, -0.1) is 0 Å². The molecule has 1 aromatic rings. The number of aromatic nitrogens is 1. The van der Waals surface area contributed by atoms with Crippen LogP contribution in [-0.2, 0) is 16.1 Å². The number of aliphatic carboxylic acids is 1. The predicted molar refractivity (Wildman–Crippen MR) is 69.9 cm³/mol. The lowest BCUT2D eigenvalue weighted by atomic mass is 10.1. The summed E-state index contributed by atoms with van der Waals surface area (Å²) < 4.78 is 10.2. The summed E-state index contributed by atoms with van der Waals surface area (Å²) in [6, 6.07) is 0. The second kappa shape index (κ2) is 7.25. The summed E-state index contributed by atoms with van der Waals surface area (Å²) in [4.78, 5) is 13.0. The molecule has 1 atom stereocenters. The SMILES string of the molecule is COCCN(Cc1c(C)noc1C)CC(C)C(=O)O. The molecule has 0 aliphatic rings. The van der Waals surface area contributed by atoms with Gasteiger partial charge in [0.25, 0.3) is 0 Å². The molecule has 6 heteroatoms. The molecule has 0 aliphatic heterocycles. The highest BCUT2D eigenvalue weighted by Crippen LogP contribution is 2.15. The molecule has 19 heavy (non-hydrogen) atoms. The number of rotatable bonds is 8. The van der Waals surface area contributed by atoms with E-state index in [0.717, 1.165) is 17.0 Å². The quantitative estimate of drug-likeness (QED) is 0.770. The van der Waals surface area contributed by atoms with Gasteiger partial charge in [-0.05, 0) is 13.8 Å². The second-order valence-corrected chi connectivity index (χ2v) is 4.77. The Morgan fingerprint density at radius 2 is 2.21 bits per heavy atom. The molecule has 1 aromatic heterocycles. The second-order valence-electron chi connectivity index (χ2n) is 4.77. The molecule has 0 aromatic carbocycles. The molecule has 0 aliphatic carbocycles. The van der Waals surface area contributed by atoms with Crippen LogP contribution in [0.4, 0.5) is 0 Å². The van der Waals surface area contributed by atoms with Crippen molar-refractivity contribution in [1.82, 2.24) is 10.1 Å². The summed E-state index contributed by atoms with van der Waals surface area (Å²) in [6.45, 7) is 7.81. The zero-order chi connectivity index (χ0) is 14.4. The van der Waals surface area contributed by atoms with Gasteiger partial charge in [0.1, 0.15) is 5.76 Å². The van der Waals surface area contributed by atoms with Gasteiger partial charge in [0.05, 0.1) is 18.2 Å². The number of carboxylic acid groups (broad SMARTS) is 1. The van der Waals surface area contributed by atoms with E-state index in [2.05, 4.69) is 10.1 Å². The highest BCUT2D eigenvalue weighted by molar-refractivity contribution is 5.69. The Hall–Kier alpha value is -1.40. The van der Waals surface area contributed by atoms with Crippen LogP contribution in [-0.4, -0.2) is 47.9 Å². The van der Waals surface area contributed by atoms with Gasteiger partial charge in [-0.2, -0.15) is 0 Å². The Morgan fingerprint density at radius 3 is 2.68 bits per heavy atom. The lowest BCUT2D eigenvalue weighted by molar-refractivity contribution is -0.141. The molecule has 108 valence electrons. The van der Waals surface area contributed by atoms with Crippen LogP contribution in [0.2, 0.25) is 0 Å². The van der Waals surface area contributed by atoms with Crippen LogP contribution in [0.5, 0.6) is 0 Å². The van der Waals surface area contributed by atoms with Gasteiger partial charge in [-0.1, -0.05) is 12.1 Å². The Kier molecular flexibility index (Phi) is 5.98. The lowest BCUT2D eigenvalue weighted by Gasteiger charge is -2.23. The standard InChI is InChI=1S/C13H22N2O4/c1-9(13(16)17)7-15(5-6-18-4)8-12-10(2)14-19-11(12)3/h9H,5-8H2,1-4H3,(H,16,17). The van der Waals surface area contributed by atoms with Gasteiger partial charge < -0.3 is 14.4 Å². The van der Waals surface area contributed by atoms with E-state index in [4.69, 9.17) is 14.4 Å². The molecule has 1 heterocycles. The average molecular weight is 270 g/mol. The molecule has 0 bridgehead atoms. The van der Waals surface area contributed by atoms with Crippen molar-refractivity contribution in [2.45, 2.75) is 27.3 Å². The van der Waals surface area contributed by atoms with Crippen molar-refractivity contribution < 1.29 is 19.2 Å². The first kappa shape index (κ1) is 15.7. The number of aryl methyl sites for hydroxylation is 2. The summed E-state index contributed by atoms with van der Waals surface area (Å²) in [6.07, 6.45) is 0. The molecular weight excluding hydrogens is 248 g/mol. The number of methoxy groups -OCH3 is 1. The van der Waals surface area contributed by atoms with E-state index in [1.807, 2.05) is 13.8 Å². The minimum absolute atomic E-state index is 0.419. The van der Waals surface area contributed by atoms with Crippen LogP contribution in [0.15, 0.2) is 4.52 Å². The smallest absolute Gasteiger partial charge is 0.307 e. The molecule has 1 rings (SSSR count). The first-order valence-electron chi connectivity index (χ1n) is 6.31. The van der Waals surface area contributed by atoms with Crippen LogP contribution in [0.3, 0.4) is 0 Å². The topological polar surface area (TPSA) is 75.8 Å². The zero-order valence-corrected chi connectivity index (χ0v) is 12.0. The Bertz CT molecular complexity index is 397. The van der Waals surface area contributed by atoms with Crippen molar-refractivity contribution in [3.8, 4) is 0 Å². The molecule has 0 saturated carbocycles. The molecule has 0 saturated heterocycles. The van der Waals surface area contributed by atoms with Crippen LogP contribution >= 0.6 is 0 Å². The van der Waals surface area contributed by atoms with E-state index in [1.54, 1.807) is 14.0 Å². The van der Waals surface area contributed by atoms with E-state index in [-0.39, 0.29) is 0 Å². The van der Waals surface area contributed by atoms with Crippen molar-refractivity contribution in [2.24, 2.45) is 5.92 Å². The average Bonchev–Trinajstić information content (AvgIpc) is 2.67. The largest absolute Gasteiger partial charge is 0.481 e. The Labute approximate surface area is 113 Å². The molecule has 0 amide bonds. The normalized spacial score (nSPS) is 12.9. The first-order valence-corrected chi connectivity index (χ1v) is 6.31. The fraction of sp³-hybridized carbons (Fsp3) is 0.692. The third kappa shape index (κ3) is 4.65. The predicted octanol–water partition coefficient (Wildman–Crippen LogP) is 1.46. The van der Waals surface area contributed by atoms with Gasteiger partial charge in [-0.3, -0.25) is 9.69 Å². The molecule has 0 spiro atoms. The summed E-state index contributed by atoms with van der Waals surface area (Å²) in [5.41, 5.74) is 1.87. The van der Waals surface area contributed by atoms with Crippen molar-refractivity contribution >= 4 is 5.97 Å². The maximum Gasteiger partial charge on any atom is 0.307 e. The zero-order valence-electron chi connectivity index (χ0n) is 12.0. The molecule has 0 radical (unpaired) electrons. The number of carbonyl (C=O) groups is 1. The summed E-state index contributed by atoms with van der Waals surface area (Å²) in [5.74, 6) is -0.429.